The molecule has 0 aromatic heterocycles. The van der Waals surface area contributed by atoms with E-state index >= 15 is 0 Å². The SMILES string of the molecule is CC(C#N)(c1ccc(O)cc1)N1CCNCC1. The second-order valence-electron chi connectivity index (χ2n) is 4.47. The van der Waals surface area contributed by atoms with Crippen LogP contribution >= 0.6 is 0 Å². The fourth-order valence-corrected chi connectivity index (χ4v) is 2.22. The van der Waals surface area contributed by atoms with E-state index in [2.05, 4.69) is 16.3 Å². The lowest BCUT2D eigenvalue weighted by Crippen LogP contribution is -2.52. The van der Waals surface area contributed by atoms with Gasteiger partial charge in [-0.15, -0.1) is 0 Å². The molecule has 0 bridgehead atoms. The van der Waals surface area contributed by atoms with Gasteiger partial charge >= 0.3 is 0 Å². The summed E-state index contributed by atoms with van der Waals surface area (Å²) in [6, 6.07) is 9.30. The van der Waals surface area contributed by atoms with Crippen LogP contribution in [0.2, 0.25) is 0 Å². The third-order valence-electron chi connectivity index (χ3n) is 3.40. The minimum Gasteiger partial charge on any atom is -0.508 e. The van der Waals surface area contributed by atoms with Crippen molar-refractivity contribution in [2.45, 2.75) is 12.5 Å². The van der Waals surface area contributed by atoms with E-state index in [0.717, 1.165) is 31.7 Å². The molecule has 4 nitrogen and oxygen atoms in total. The van der Waals surface area contributed by atoms with Gasteiger partial charge in [-0.2, -0.15) is 5.26 Å². The van der Waals surface area contributed by atoms with Crippen molar-refractivity contribution in [3.05, 3.63) is 29.8 Å². The number of nitriles is 1. The molecule has 17 heavy (non-hydrogen) atoms. The van der Waals surface area contributed by atoms with Crippen LogP contribution in [0.5, 0.6) is 5.75 Å². The van der Waals surface area contributed by atoms with Crippen LogP contribution in [0, 0.1) is 11.3 Å². The quantitative estimate of drug-likeness (QED) is 0.798. The highest BCUT2D eigenvalue weighted by molar-refractivity contribution is 5.35. The number of hydrogen-bond donors (Lipinski definition) is 2. The number of aromatic hydroxyl groups is 1. The summed E-state index contributed by atoms with van der Waals surface area (Å²) in [5.74, 6) is 0.231. The predicted molar refractivity (Wildman–Crippen MR) is 65.5 cm³/mol. The van der Waals surface area contributed by atoms with Crippen LogP contribution in [-0.2, 0) is 5.54 Å². The Labute approximate surface area is 101 Å². The van der Waals surface area contributed by atoms with Gasteiger partial charge in [0.25, 0.3) is 0 Å². The first-order valence-electron chi connectivity index (χ1n) is 5.83. The molecule has 1 aromatic carbocycles. The van der Waals surface area contributed by atoms with E-state index in [1.54, 1.807) is 12.1 Å². The average Bonchev–Trinajstić information content (AvgIpc) is 2.40. The molecule has 0 saturated carbocycles. The molecule has 0 spiro atoms. The zero-order valence-corrected chi connectivity index (χ0v) is 9.98. The van der Waals surface area contributed by atoms with Gasteiger partial charge in [-0.25, -0.2) is 0 Å². The normalized spacial score (nSPS) is 20.5. The Balaban J connectivity index is 2.30. The number of phenolic OH excluding ortho intramolecular Hbond substituents is 1. The summed E-state index contributed by atoms with van der Waals surface area (Å²) in [4.78, 5) is 2.18. The first-order valence-corrected chi connectivity index (χ1v) is 5.83. The lowest BCUT2D eigenvalue weighted by molar-refractivity contribution is 0.132. The van der Waals surface area contributed by atoms with Gasteiger partial charge in [0.1, 0.15) is 11.3 Å². The average molecular weight is 231 g/mol. The lowest BCUT2D eigenvalue weighted by atomic mass is 9.91. The summed E-state index contributed by atoms with van der Waals surface area (Å²) in [5.41, 5.74) is 0.315. The van der Waals surface area contributed by atoms with Crippen molar-refractivity contribution >= 4 is 0 Å². The molecule has 0 aliphatic carbocycles. The third kappa shape index (κ3) is 2.26. The Bertz CT molecular complexity index is 417. The number of nitrogens with zero attached hydrogens (tertiary/aromatic N) is 2. The van der Waals surface area contributed by atoms with Gasteiger partial charge in [0.2, 0.25) is 0 Å². The molecular formula is C13H17N3O. The highest BCUT2D eigenvalue weighted by Crippen LogP contribution is 2.28. The van der Waals surface area contributed by atoms with E-state index < -0.39 is 5.54 Å². The van der Waals surface area contributed by atoms with E-state index in [4.69, 9.17) is 0 Å². The molecule has 2 rings (SSSR count). The Morgan fingerprint density at radius 3 is 2.41 bits per heavy atom. The van der Waals surface area contributed by atoms with Crippen LogP contribution in [0.1, 0.15) is 12.5 Å². The summed E-state index contributed by atoms with van der Waals surface area (Å²) >= 11 is 0. The molecule has 90 valence electrons. The van der Waals surface area contributed by atoms with Crippen molar-refractivity contribution in [2.75, 3.05) is 26.2 Å². The summed E-state index contributed by atoms with van der Waals surface area (Å²) in [7, 11) is 0. The van der Waals surface area contributed by atoms with Gasteiger partial charge in [-0.1, -0.05) is 12.1 Å². The summed E-state index contributed by atoms with van der Waals surface area (Å²) in [5, 5.41) is 22.1. The molecule has 1 fully saturated rings. The van der Waals surface area contributed by atoms with E-state index in [9.17, 15) is 10.4 Å². The maximum absolute atomic E-state index is 9.49. The lowest BCUT2D eigenvalue weighted by Gasteiger charge is -2.39. The fraction of sp³-hybridized carbons (Fsp3) is 0.462. The fourth-order valence-electron chi connectivity index (χ4n) is 2.22. The highest BCUT2D eigenvalue weighted by atomic mass is 16.3. The first-order chi connectivity index (χ1) is 8.16. The molecular weight excluding hydrogens is 214 g/mol. The van der Waals surface area contributed by atoms with Crippen molar-refractivity contribution in [1.29, 1.82) is 5.26 Å². The van der Waals surface area contributed by atoms with Crippen LogP contribution in [0.3, 0.4) is 0 Å². The standard InChI is InChI=1S/C13H17N3O/c1-13(10-14,16-8-6-15-7-9-16)11-2-4-12(17)5-3-11/h2-5,15,17H,6-9H2,1H3. The van der Waals surface area contributed by atoms with Crippen LogP contribution in [0.4, 0.5) is 0 Å². The Kier molecular flexibility index (Phi) is 3.32. The third-order valence-corrected chi connectivity index (χ3v) is 3.40. The topological polar surface area (TPSA) is 59.3 Å². The molecule has 4 heteroatoms. The van der Waals surface area contributed by atoms with Gasteiger partial charge < -0.3 is 10.4 Å². The monoisotopic (exact) mass is 231 g/mol. The van der Waals surface area contributed by atoms with Gasteiger partial charge in [-0.05, 0) is 24.6 Å². The minimum absolute atomic E-state index is 0.231. The van der Waals surface area contributed by atoms with Gasteiger partial charge in [-0.3, -0.25) is 4.90 Å². The maximum Gasteiger partial charge on any atom is 0.132 e. The van der Waals surface area contributed by atoms with Gasteiger partial charge in [0.15, 0.2) is 0 Å². The number of hydrogen-bond acceptors (Lipinski definition) is 4. The van der Waals surface area contributed by atoms with E-state index in [1.165, 1.54) is 0 Å². The summed E-state index contributed by atoms with van der Waals surface area (Å²) in [6.45, 7) is 5.49. The number of nitrogens with one attached hydrogen (secondary N) is 1. The van der Waals surface area contributed by atoms with Gasteiger partial charge in [0.05, 0.1) is 6.07 Å². The molecule has 1 aliphatic heterocycles. The van der Waals surface area contributed by atoms with E-state index in [1.807, 2.05) is 19.1 Å². The minimum atomic E-state index is -0.615. The maximum atomic E-state index is 9.49. The van der Waals surface area contributed by atoms with Crippen molar-refractivity contribution < 1.29 is 5.11 Å². The van der Waals surface area contributed by atoms with E-state index in [-0.39, 0.29) is 5.75 Å². The number of benzene rings is 1. The largest absolute Gasteiger partial charge is 0.508 e. The van der Waals surface area contributed by atoms with Crippen molar-refractivity contribution in [3.63, 3.8) is 0 Å². The zero-order valence-electron chi connectivity index (χ0n) is 9.98. The van der Waals surface area contributed by atoms with Crippen LogP contribution < -0.4 is 5.32 Å². The molecule has 1 heterocycles. The molecule has 0 amide bonds. The summed E-state index contributed by atoms with van der Waals surface area (Å²) < 4.78 is 0. The van der Waals surface area contributed by atoms with Gasteiger partial charge in [0, 0.05) is 26.2 Å². The smallest absolute Gasteiger partial charge is 0.132 e. The number of piperazine rings is 1. The van der Waals surface area contributed by atoms with Crippen LogP contribution in [-0.4, -0.2) is 36.2 Å². The molecule has 1 saturated heterocycles. The number of phenols is 1. The predicted octanol–water partition coefficient (Wildman–Crippen LogP) is 1.04. The Morgan fingerprint density at radius 1 is 1.29 bits per heavy atom. The van der Waals surface area contributed by atoms with Crippen molar-refractivity contribution in [3.8, 4) is 11.8 Å². The highest BCUT2D eigenvalue weighted by Gasteiger charge is 2.34. The van der Waals surface area contributed by atoms with Crippen molar-refractivity contribution in [1.82, 2.24) is 10.2 Å². The molecule has 1 atom stereocenters. The molecule has 1 unspecified atom stereocenters. The molecule has 1 aliphatic rings. The second-order valence-corrected chi connectivity index (χ2v) is 4.47. The van der Waals surface area contributed by atoms with Crippen LogP contribution in [0.15, 0.2) is 24.3 Å². The molecule has 0 radical (unpaired) electrons. The first kappa shape index (κ1) is 11.9. The van der Waals surface area contributed by atoms with Crippen molar-refractivity contribution in [2.24, 2.45) is 0 Å². The summed E-state index contributed by atoms with van der Waals surface area (Å²) in [6.07, 6.45) is 0. The van der Waals surface area contributed by atoms with E-state index in [0.29, 0.717) is 0 Å². The Hall–Kier alpha value is -1.57. The number of rotatable bonds is 2. The van der Waals surface area contributed by atoms with Crippen LogP contribution in [0.25, 0.3) is 0 Å². The molecule has 2 N–H and O–H groups in total. The molecule has 1 aromatic rings. The Morgan fingerprint density at radius 2 is 1.88 bits per heavy atom. The second kappa shape index (κ2) is 4.74. The zero-order chi connectivity index (χ0) is 12.3.